The van der Waals surface area contributed by atoms with Crippen molar-refractivity contribution in [2.45, 2.75) is 58.5 Å². The van der Waals surface area contributed by atoms with Crippen LogP contribution < -0.4 is 14.4 Å². The molecule has 40 heavy (non-hydrogen) atoms. The molecule has 9 heteroatoms. The number of aryl methyl sites for hydroxylation is 2. The number of nitrogens with one attached hydrogen (secondary N) is 1. The van der Waals surface area contributed by atoms with Crippen LogP contribution in [0.1, 0.15) is 43.9 Å². The van der Waals surface area contributed by atoms with E-state index in [4.69, 9.17) is 4.74 Å². The number of rotatable bonds is 13. The maximum absolute atomic E-state index is 14.2. The second kappa shape index (κ2) is 14.0. The number of carbonyl (C=O) groups is 2. The van der Waals surface area contributed by atoms with Crippen molar-refractivity contribution in [3.05, 3.63) is 89.5 Å². The molecule has 0 aliphatic rings. The van der Waals surface area contributed by atoms with Crippen LogP contribution >= 0.6 is 0 Å². The Labute approximate surface area is 238 Å². The van der Waals surface area contributed by atoms with Crippen LogP contribution in [0.15, 0.2) is 77.7 Å². The van der Waals surface area contributed by atoms with Gasteiger partial charge in [-0.2, -0.15) is 0 Å². The van der Waals surface area contributed by atoms with Gasteiger partial charge < -0.3 is 15.0 Å². The molecule has 2 amide bonds. The van der Waals surface area contributed by atoms with Crippen molar-refractivity contribution in [3.8, 4) is 5.75 Å². The lowest BCUT2D eigenvalue weighted by molar-refractivity contribution is -0.140. The number of benzene rings is 3. The Morgan fingerprint density at radius 3 is 2.17 bits per heavy atom. The molecule has 1 atom stereocenters. The minimum atomic E-state index is -4.18. The molecule has 0 aromatic heterocycles. The highest BCUT2D eigenvalue weighted by atomic mass is 32.2. The monoisotopic (exact) mass is 565 g/mol. The average Bonchev–Trinajstić information content (AvgIpc) is 2.93. The average molecular weight is 566 g/mol. The van der Waals surface area contributed by atoms with Crippen molar-refractivity contribution in [3.63, 3.8) is 0 Å². The van der Waals surface area contributed by atoms with Crippen LogP contribution in [0.5, 0.6) is 5.75 Å². The maximum atomic E-state index is 14.2. The molecule has 8 nitrogen and oxygen atoms in total. The summed E-state index contributed by atoms with van der Waals surface area (Å²) in [6, 6.07) is 20.1. The van der Waals surface area contributed by atoms with Crippen LogP contribution in [0.3, 0.4) is 0 Å². The van der Waals surface area contributed by atoms with Gasteiger partial charge in [-0.3, -0.25) is 13.9 Å². The predicted octanol–water partition coefficient (Wildman–Crippen LogP) is 4.84. The number of ether oxygens (including phenoxy) is 1. The lowest BCUT2D eigenvalue weighted by atomic mass is 10.1. The molecule has 0 heterocycles. The molecule has 3 rings (SSSR count). The van der Waals surface area contributed by atoms with Gasteiger partial charge in [-0.1, -0.05) is 61.0 Å². The van der Waals surface area contributed by atoms with E-state index < -0.39 is 28.5 Å². The Morgan fingerprint density at radius 1 is 0.900 bits per heavy atom. The first-order valence-electron chi connectivity index (χ1n) is 13.6. The first-order valence-corrected chi connectivity index (χ1v) is 15.0. The van der Waals surface area contributed by atoms with E-state index in [1.807, 2.05) is 58.9 Å². The van der Waals surface area contributed by atoms with Gasteiger partial charge in [0.25, 0.3) is 10.0 Å². The lowest BCUT2D eigenvalue weighted by Gasteiger charge is -2.33. The molecule has 1 N–H and O–H groups in total. The lowest BCUT2D eigenvalue weighted by Crippen LogP contribution is -2.52. The number of amides is 2. The quantitative estimate of drug-likeness (QED) is 0.320. The fourth-order valence-corrected chi connectivity index (χ4v) is 5.90. The largest absolute Gasteiger partial charge is 0.492 e. The number of anilines is 1. The zero-order chi connectivity index (χ0) is 29.3. The highest BCUT2D eigenvalue weighted by Crippen LogP contribution is 2.33. The second-order valence-corrected chi connectivity index (χ2v) is 11.4. The van der Waals surface area contributed by atoms with E-state index in [0.29, 0.717) is 25.3 Å². The molecule has 214 valence electrons. The number of hydrogen-bond donors (Lipinski definition) is 1. The number of nitrogens with zero attached hydrogens (tertiary/aromatic N) is 2. The minimum absolute atomic E-state index is 0.0541. The fourth-order valence-electron chi connectivity index (χ4n) is 4.47. The number of para-hydroxylation sites is 2. The normalized spacial score (nSPS) is 11.9. The molecule has 0 saturated carbocycles. The molecule has 1 unspecified atom stereocenters. The summed E-state index contributed by atoms with van der Waals surface area (Å²) < 4.78 is 35.0. The van der Waals surface area contributed by atoms with Gasteiger partial charge in [-0.05, 0) is 69.5 Å². The van der Waals surface area contributed by atoms with Gasteiger partial charge in [0.1, 0.15) is 18.3 Å². The van der Waals surface area contributed by atoms with Gasteiger partial charge in [0.05, 0.1) is 17.2 Å². The first kappa shape index (κ1) is 30.7. The molecule has 0 radical (unpaired) electrons. The van der Waals surface area contributed by atoms with E-state index in [0.717, 1.165) is 21.0 Å². The van der Waals surface area contributed by atoms with Crippen LogP contribution in [0.4, 0.5) is 5.69 Å². The molecule has 0 aliphatic heterocycles. The zero-order valence-electron chi connectivity index (χ0n) is 23.9. The third kappa shape index (κ3) is 7.21. The molecular weight excluding hydrogens is 526 g/mol. The van der Waals surface area contributed by atoms with Crippen molar-refractivity contribution in [2.75, 3.05) is 24.0 Å². The summed E-state index contributed by atoms with van der Waals surface area (Å²) in [6.45, 7) is 9.66. The smallest absolute Gasteiger partial charge is 0.264 e. The Kier molecular flexibility index (Phi) is 10.7. The molecule has 0 spiro atoms. The maximum Gasteiger partial charge on any atom is 0.264 e. The number of carbonyl (C=O) groups excluding carboxylic acids is 2. The van der Waals surface area contributed by atoms with Crippen LogP contribution in [-0.4, -0.2) is 50.9 Å². The second-order valence-electron chi connectivity index (χ2n) is 9.49. The third-order valence-corrected chi connectivity index (χ3v) is 8.43. The van der Waals surface area contributed by atoms with Gasteiger partial charge in [-0.15, -0.1) is 0 Å². The van der Waals surface area contributed by atoms with Gasteiger partial charge >= 0.3 is 0 Å². The molecular formula is C31H39N3O5S. The Balaban J connectivity index is 2.12. The summed E-state index contributed by atoms with van der Waals surface area (Å²) in [4.78, 5) is 28.8. The first-order chi connectivity index (χ1) is 19.1. The van der Waals surface area contributed by atoms with E-state index in [-0.39, 0.29) is 23.0 Å². The topological polar surface area (TPSA) is 96.0 Å². The van der Waals surface area contributed by atoms with Crippen LogP contribution in [-0.2, 0) is 26.2 Å². The number of likely N-dealkylation sites (N-methyl/N-ethyl adjacent to an activating group) is 1. The van der Waals surface area contributed by atoms with Crippen molar-refractivity contribution in [2.24, 2.45) is 0 Å². The highest BCUT2D eigenvalue weighted by molar-refractivity contribution is 7.92. The molecule has 0 bridgehead atoms. The predicted molar refractivity (Wildman–Crippen MR) is 158 cm³/mol. The Bertz CT molecular complexity index is 1410. The Hall–Kier alpha value is -3.85. The molecule has 3 aromatic carbocycles. The highest BCUT2D eigenvalue weighted by Gasteiger charge is 2.34. The van der Waals surface area contributed by atoms with Gasteiger partial charge in [0, 0.05) is 13.1 Å². The molecule has 3 aromatic rings. The summed E-state index contributed by atoms with van der Waals surface area (Å²) in [6.07, 6.45) is 0.365. The van der Waals surface area contributed by atoms with E-state index in [1.54, 1.807) is 36.4 Å². The fraction of sp³-hybridized carbons (Fsp3) is 0.355. The number of sulfonamides is 1. The summed E-state index contributed by atoms with van der Waals surface area (Å²) in [7, 11) is -4.18. The van der Waals surface area contributed by atoms with E-state index in [2.05, 4.69) is 5.32 Å². The summed E-state index contributed by atoms with van der Waals surface area (Å²) in [5, 5.41) is 2.82. The zero-order valence-corrected chi connectivity index (χ0v) is 24.7. The third-order valence-electron chi connectivity index (χ3n) is 6.66. The van der Waals surface area contributed by atoms with Gasteiger partial charge in [-0.25, -0.2) is 8.42 Å². The van der Waals surface area contributed by atoms with Crippen molar-refractivity contribution < 1.29 is 22.7 Å². The van der Waals surface area contributed by atoms with Crippen molar-refractivity contribution in [1.82, 2.24) is 10.2 Å². The number of hydrogen-bond acceptors (Lipinski definition) is 5. The van der Waals surface area contributed by atoms with Crippen LogP contribution in [0.25, 0.3) is 0 Å². The molecule has 0 saturated heterocycles. The molecule has 0 fully saturated rings. The Morgan fingerprint density at radius 2 is 1.55 bits per heavy atom. The van der Waals surface area contributed by atoms with Gasteiger partial charge in [0.2, 0.25) is 11.8 Å². The van der Waals surface area contributed by atoms with E-state index >= 15 is 0 Å². The minimum Gasteiger partial charge on any atom is -0.492 e. The van der Waals surface area contributed by atoms with Crippen molar-refractivity contribution >= 4 is 27.5 Å². The van der Waals surface area contributed by atoms with Crippen molar-refractivity contribution in [1.29, 1.82) is 0 Å². The molecule has 0 aliphatic carbocycles. The van der Waals surface area contributed by atoms with Gasteiger partial charge in [0.15, 0.2) is 0 Å². The SMILES string of the molecule is CCNC(=O)C(CC)N(Cc1ccccc1C)C(=O)CN(c1ccccc1OCC)S(=O)(=O)c1ccc(C)cc1. The standard InChI is InChI=1S/C31H39N3O5S/c1-6-27(31(36)32-7-2)33(21-25-14-10-9-13-24(25)5)30(35)22-34(28-15-11-12-16-29(28)39-8-3)40(37,38)26-19-17-23(4)18-20-26/h9-20,27H,6-8,21-22H2,1-5H3,(H,32,36). The summed E-state index contributed by atoms with van der Waals surface area (Å²) in [5.74, 6) is -0.437. The summed E-state index contributed by atoms with van der Waals surface area (Å²) >= 11 is 0. The van der Waals surface area contributed by atoms with E-state index in [9.17, 15) is 18.0 Å². The van der Waals surface area contributed by atoms with E-state index in [1.165, 1.54) is 17.0 Å². The van der Waals surface area contributed by atoms with Crippen LogP contribution in [0.2, 0.25) is 0 Å². The summed E-state index contributed by atoms with van der Waals surface area (Å²) in [5.41, 5.74) is 3.01. The van der Waals surface area contributed by atoms with Crippen LogP contribution in [0, 0.1) is 13.8 Å².